The Hall–Kier alpha value is -2.31. The fourth-order valence-corrected chi connectivity index (χ4v) is 4.26. The molecule has 3 unspecified atom stereocenters. The third-order valence-electron chi connectivity index (χ3n) is 5.41. The Morgan fingerprint density at radius 2 is 2.00 bits per heavy atom. The van der Waals surface area contributed by atoms with E-state index < -0.39 is 0 Å². The molecule has 1 aliphatic carbocycles. The molecule has 0 radical (unpaired) electrons. The number of benzene rings is 1. The number of carbonyl (C=O) groups is 2. The zero-order valence-corrected chi connectivity index (χ0v) is 15.6. The molecule has 1 aromatic carbocycles. The monoisotopic (exact) mass is 387 g/mol. The molecule has 3 N–H and O–H groups in total. The van der Waals surface area contributed by atoms with E-state index in [9.17, 15) is 9.59 Å². The number of hydrogen-bond donors (Lipinski definition) is 3. The van der Waals surface area contributed by atoms with Crippen LogP contribution in [0.1, 0.15) is 42.7 Å². The quantitative estimate of drug-likeness (QED) is 0.739. The molecule has 1 aromatic heterocycles. The topological polar surface area (TPSA) is 83.4 Å². The summed E-state index contributed by atoms with van der Waals surface area (Å²) < 4.78 is 5.06. The molecule has 1 saturated carbocycles. The molecule has 2 aliphatic rings. The number of halogens is 1. The normalized spacial score (nSPS) is 24.3. The first-order valence-electron chi connectivity index (χ1n) is 9.31. The molecule has 2 fully saturated rings. The molecule has 6 nitrogen and oxygen atoms in total. The molecule has 3 atom stereocenters. The lowest BCUT2D eigenvalue weighted by molar-refractivity contribution is -0.117. The summed E-state index contributed by atoms with van der Waals surface area (Å²) in [4.78, 5) is 24.6. The van der Waals surface area contributed by atoms with Gasteiger partial charge in [0.2, 0.25) is 5.91 Å². The van der Waals surface area contributed by atoms with Crippen molar-refractivity contribution in [3.63, 3.8) is 0 Å². The predicted octanol–water partition coefficient (Wildman–Crippen LogP) is 4.04. The molecule has 2 amide bonds. The highest BCUT2D eigenvalue weighted by Crippen LogP contribution is 2.34. The summed E-state index contributed by atoms with van der Waals surface area (Å²) in [6.07, 6.45) is 7.19. The molecule has 0 bridgehead atoms. The van der Waals surface area contributed by atoms with Crippen LogP contribution < -0.4 is 16.0 Å². The van der Waals surface area contributed by atoms with Gasteiger partial charge in [0.25, 0.3) is 5.91 Å². The van der Waals surface area contributed by atoms with Crippen LogP contribution in [0, 0.1) is 5.92 Å². The van der Waals surface area contributed by atoms with E-state index in [0.717, 1.165) is 12.8 Å². The van der Waals surface area contributed by atoms with E-state index in [0.29, 0.717) is 28.4 Å². The van der Waals surface area contributed by atoms with Crippen LogP contribution in [0.2, 0.25) is 5.02 Å². The summed E-state index contributed by atoms with van der Waals surface area (Å²) in [7, 11) is 0. The van der Waals surface area contributed by atoms with Crippen molar-refractivity contribution in [3.8, 4) is 0 Å². The molecule has 2 heterocycles. The number of hydrogen-bond acceptors (Lipinski definition) is 4. The highest BCUT2D eigenvalue weighted by atomic mass is 35.5. The minimum absolute atomic E-state index is 0.0344. The zero-order valence-electron chi connectivity index (χ0n) is 14.8. The number of anilines is 2. The Balaban J connectivity index is 1.37. The summed E-state index contributed by atoms with van der Waals surface area (Å²) in [5.74, 6) is 0.402. The third-order valence-corrected chi connectivity index (χ3v) is 5.72. The number of carbonyl (C=O) groups excluding carboxylic acids is 2. The second-order valence-corrected chi connectivity index (χ2v) is 7.63. The van der Waals surface area contributed by atoms with Gasteiger partial charge < -0.3 is 20.4 Å². The van der Waals surface area contributed by atoms with Gasteiger partial charge in [0.1, 0.15) is 0 Å². The molecule has 1 saturated heterocycles. The minimum atomic E-state index is -0.378. The number of nitrogens with one attached hydrogen (secondary N) is 3. The van der Waals surface area contributed by atoms with Crippen molar-refractivity contribution < 1.29 is 14.0 Å². The first-order chi connectivity index (χ1) is 13.1. The molecular formula is C20H22ClN3O3. The zero-order chi connectivity index (χ0) is 18.8. The van der Waals surface area contributed by atoms with Gasteiger partial charge in [0.15, 0.2) is 5.76 Å². The van der Waals surface area contributed by atoms with Crippen LogP contribution in [0.4, 0.5) is 11.4 Å². The van der Waals surface area contributed by atoms with Crippen LogP contribution in [0.5, 0.6) is 0 Å². The lowest BCUT2D eigenvalue weighted by Crippen LogP contribution is -2.39. The maximum atomic E-state index is 12.6. The van der Waals surface area contributed by atoms with E-state index >= 15 is 0 Å². The second kappa shape index (κ2) is 7.74. The van der Waals surface area contributed by atoms with Gasteiger partial charge in [-0.25, -0.2) is 0 Å². The highest BCUT2D eigenvalue weighted by molar-refractivity contribution is 6.34. The lowest BCUT2D eigenvalue weighted by atomic mass is 9.85. The second-order valence-electron chi connectivity index (χ2n) is 7.22. The minimum Gasteiger partial charge on any atom is -0.459 e. The molecule has 2 aromatic rings. The fraction of sp³-hybridized carbons (Fsp3) is 0.400. The Morgan fingerprint density at radius 1 is 1.15 bits per heavy atom. The summed E-state index contributed by atoms with van der Waals surface area (Å²) in [5, 5.41) is 9.43. The van der Waals surface area contributed by atoms with E-state index in [2.05, 4.69) is 16.0 Å². The van der Waals surface area contributed by atoms with Crippen molar-refractivity contribution in [1.82, 2.24) is 5.32 Å². The molecule has 7 heteroatoms. The van der Waals surface area contributed by atoms with Crippen LogP contribution in [0.3, 0.4) is 0 Å². The van der Waals surface area contributed by atoms with Crippen molar-refractivity contribution in [2.75, 3.05) is 10.6 Å². The fourth-order valence-electron chi connectivity index (χ4n) is 4.04. The van der Waals surface area contributed by atoms with Gasteiger partial charge in [-0.1, -0.05) is 24.4 Å². The van der Waals surface area contributed by atoms with Gasteiger partial charge in [0, 0.05) is 11.7 Å². The molecule has 142 valence electrons. The van der Waals surface area contributed by atoms with Crippen LogP contribution in [0.15, 0.2) is 41.0 Å². The van der Waals surface area contributed by atoms with Gasteiger partial charge in [0.05, 0.1) is 23.0 Å². The van der Waals surface area contributed by atoms with Gasteiger partial charge in [-0.05, 0) is 55.5 Å². The predicted molar refractivity (Wildman–Crippen MR) is 104 cm³/mol. The van der Waals surface area contributed by atoms with Crippen LogP contribution in [0.25, 0.3) is 0 Å². The van der Waals surface area contributed by atoms with Gasteiger partial charge in [-0.15, -0.1) is 0 Å². The van der Waals surface area contributed by atoms with E-state index in [4.69, 9.17) is 16.0 Å². The first-order valence-corrected chi connectivity index (χ1v) is 9.69. The van der Waals surface area contributed by atoms with Crippen molar-refractivity contribution >= 4 is 34.8 Å². The van der Waals surface area contributed by atoms with Crippen molar-refractivity contribution in [2.24, 2.45) is 5.92 Å². The average molecular weight is 388 g/mol. The lowest BCUT2D eigenvalue weighted by Gasteiger charge is -2.24. The summed E-state index contributed by atoms with van der Waals surface area (Å²) in [5.41, 5.74) is 1.07. The van der Waals surface area contributed by atoms with E-state index in [1.807, 2.05) is 0 Å². The summed E-state index contributed by atoms with van der Waals surface area (Å²) >= 11 is 6.27. The molecule has 27 heavy (non-hydrogen) atoms. The van der Waals surface area contributed by atoms with E-state index in [1.54, 1.807) is 30.3 Å². The number of fused-ring (bicyclic) bond motifs is 1. The first kappa shape index (κ1) is 18.1. The van der Waals surface area contributed by atoms with Crippen LogP contribution in [-0.2, 0) is 4.79 Å². The van der Waals surface area contributed by atoms with Crippen LogP contribution >= 0.6 is 11.6 Å². The molecule has 0 spiro atoms. The maximum absolute atomic E-state index is 12.6. The van der Waals surface area contributed by atoms with E-state index in [-0.39, 0.29) is 23.6 Å². The highest BCUT2D eigenvalue weighted by Gasteiger charge is 2.38. The molecular weight excluding hydrogens is 366 g/mol. The Labute approximate surface area is 162 Å². The SMILES string of the molecule is O=C(Nc1ccc(NC(=O)C2CC3CCCCC3N2)cc1Cl)c1ccco1. The van der Waals surface area contributed by atoms with Crippen molar-refractivity contribution in [2.45, 2.75) is 44.2 Å². The third kappa shape index (κ3) is 4.01. The Kier molecular flexibility index (Phi) is 5.18. The van der Waals surface area contributed by atoms with E-state index in [1.165, 1.54) is 25.5 Å². The largest absolute Gasteiger partial charge is 0.459 e. The van der Waals surface area contributed by atoms with Crippen molar-refractivity contribution in [1.29, 1.82) is 0 Å². The summed E-state index contributed by atoms with van der Waals surface area (Å²) in [6, 6.07) is 8.56. The maximum Gasteiger partial charge on any atom is 0.291 e. The van der Waals surface area contributed by atoms with Crippen molar-refractivity contribution in [3.05, 3.63) is 47.4 Å². The van der Waals surface area contributed by atoms with Crippen LogP contribution in [-0.4, -0.2) is 23.9 Å². The Morgan fingerprint density at radius 3 is 2.74 bits per heavy atom. The standard InChI is InChI=1S/C20H22ClN3O3/c21-14-11-13(7-8-16(14)24-20(26)18-6-3-9-27-18)22-19(25)17-10-12-4-1-2-5-15(12)23-17/h3,6-9,11-12,15,17,23H,1-2,4-5,10H2,(H,22,25)(H,24,26). The number of rotatable bonds is 4. The van der Waals surface area contributed by atoms with Gasteiger partial charge in [-0.2, -0.15) is 0 Å². The van der Waals surface area contributed by atoms with Gasteiger partial charge >= 0.3 is 0 Å². The number of amides is 2. The molecule has 4 rings (SSSR count). The van der Waals surface area contributed by atoms with Gasteiger partial charge in [-0.3, -0.25) is 9.59 Å². The molecule has 1 aliphatic heterocycles. The average Bonchev–Trinajstić information content (AvgIpc) is 3.33. The number of furan rings is 1. The Bertz CT molecular complexity index is 823. The summed E-state index contributed by atoms with van der Waals surface area (Å²) in [6.45, 7) is 0. The smallest absolute Gasteiger partial charge is 0.291 e.